The number of amides is 1. The van der Waals surface area contributed by atoms with Crippen LogP contribution in [0.2, 0.25) is 5.02 Å². The predicted molar refractivity (Wildman–Crippen MR) is 146 cm³/mol. The second-order valence-electron chi connectivity index (χ2n) is 9.52. The van der Waals surface area contributed by atoms with E-state index in [-0.39, 0.29) is 5.56 Å². The van der Waals surface area contributed by atoms with Gasteiger partial charge in [-0.1, -0.05) is 60.1 Å². The summed E-state index contributed by atoms with van der Waals surface area (Å²) < 4.78 is 44.6. The number of benzene rings is 4. The molecule has 2 N–H and O–H groups in total. The van der Waals surface area contributed by atoms with Crippen LogP contribution in [0.1, 0.15) is 38.7 Å². The summed E-state index contributed by atoms with van der Waals surface area (Å²) >= 11 is 5.99. The summed E-state index contributed by atoms with van der Waals surface area (Å²) in [6, 6.07) is 23.0. The van der Waals surface area contributed by atoms with Crippen LogP contribution in [0.25, 0.3) is 11.1 Å². The number of nitrogens with two attached hydrogens (primary N) is 1. The van der Waals surface area contributed by atoms with Gasteiger partial charge in [0.15, 0.2) is 0 Å². The molecule has 0 aromatic heterocycles. The Balaban J connectivity index is 1.36. The quantitative estimate of drug-likeness (QED) is 0.206. The largest absolute Gasteiger partial charge is 0.423 e. The van der Waals surface area contributed by atoms with Gasteiger partial charge in [-0.25, -0.2) is 4.79 Å². The number of rotatable bonds is 6. The lowest BCUT2D eigenvalue weighted by molar-refractivity contribution is -0.137. The van der Waals surface area contributed by atoms with E-state index in [0.717, 1.165) is 28.8 Å². The van der Waals surface area contributed by atoms with Crippen molar-refractivity contribution in [2.24, 2.45) is 5.73 Å². The van der Waals surface area contributed by atoms with E-state index < -0.39 is 29.7 Å². The summed E-state index contributed by atoms with van der Waals surface area (Å²) in [7, 11) is 0. The van der Waals surface area contributed by atoms with Crippen LogP contribution in [-0.2, 0) is 23.9 Å². The number of hydrogen-bond acceptors (Lipinski definition) is 4. The molecule has 1 aliphatic heterocycles. The predicted octanol–water partition coefficient (Wildman–Crippen LogP) is 6.83. The van der Waals surface area contributed by atoms with Crippen molar-refractivity contribution in [1.82, 2.24) is 4.90 Å². The summed E-state index contributed by atoms with van der Waals surface area (Å²) in [6.07, 6.45) is -3.84. The van der Waals surface area contributed by atoms with E-state index in [0.29, 0.717) is 41.4 Å². The van der Waals surface area contributed by atoms with E-state index in [1.165, 1.54) is 12.1 Å². The highest BCUT2D eigenvalue weighted by Crippen LogP contribution is 2.35. The van der Waals surface area contributed by atoms with Crippen molar-refractivity contribution in [3.63, 3.8) is 0 Å². The number of nitrogens with zero attached hydrogens (tertiary/aromatic N) is 1. The molecule has 0 saturated heterocycles. The van der Waals surface area contributed by atoms with Gasteiger partial charge in [0.05, 0.1) is 11.1 Å². The first-order valence-corrected chi connectivity index (χ1v) is 12.9. The summed E-state index contributed by atoms with van der Waals surface area (Å²) in [5.74, 6) is -0.840. The van der Waals surface area contributed by atoms with Gasteiger partial charge in [0.1, 0.15) is 11.8 Å². The lowest BCUT2D eigenvalue weighted by Crippen LogP contribution is -2.42. The second-order valence-corrected chi connectivity index (χ2v) is 9.96. The topological polar surface area (TPSA) is 72.6 Å². The van der Waals surface area contributed by atoms with Crippen LogP contribution in [0.5, 0.6) is 5.75 Å². The summed E-state index contributed by atoms with van der Waals surface area (Å²) in [5.41, 5.74) is 8.73. The van der Waals surface area contributed by atoms with E-state index in [9.17, 15) is 22.8 Å². The van der Waals surface area contributed by atoms with E-state index in [4.69, 9.17) is 22.1 Å². The Kier molecular flexibility index (Phi) is 7.65. The van der Waals surface area contributed by atoms with Crippen molar-refractivity contribution in [2.75, 3.05) is 6.54 Å². The SMILES string of the molecule is NC(=O)C1c2ccc(OC(=O)c3ccccc3-c3ccc(C(F)(F)F)cc3)cc2CCN1Cc1ccc(Cl)cc1. The molecule has 204 valence electrons. The molecule has 1 aliphatic rings. The molecule has 5 nitrogen and oxygen atoms in total. The molecule has 0 aliphatic carbocycles. The fourth-order valence-corrected chi connectivity index (χ4v) is 5.09. The molecule has 0 bridgehead atoms. The highest BCUT2D eigenvalue weighted by Gasteiger charge is 2.32. The molecular weight excluding hydrogens is 541 g/mol. The average molecular weight is 565 g/mol. The van der Waals surface area contributed by atoms with Crippen LogP contribution in [0.4, 0.5) is 13.2 Å². The fourth-order valence-electron chi connectivity index (χ4n) is 4.96. The van der Waals surface area contributed by atoms with Gasteiger partial charge in [-0.05, 0) is 76.7 Å². The van der Waals surface area contributed by atoms with Crippen LogP contribution >= 0.6 is 11.6 Å². The Labute approximate surface area is 233 Å². The highest BCUT2D eigenvalue weighted by molar-refractivity contribution is 6.30. The number of primary amides is 1. The Morgan fingerprint density at radius 3 is 2.33 bits per heavy atom. The van der Waals surface area contributed by atoms with Crippen molar-refractivity contribution in [3.8, 4) is 16.9 Å². The number of halogens is 4. The van der Waals surface area contributed by atoms with Gasteiger partial charge in [-0.3, -0.25) is 9.69 Å². The molecule has 1 atom stereocenters. The number of alkyl halides is 3. The maximum Gasteiger partial charge on any atom is 0.416 e. The number of hydrogen-bond donors (Lipinski definition) is 1. The van der Waals surface area contributed by atoms with Crippen molar-refractivity contribution in [1.29, 1.82) is 0 Å². The van der Waals surface area contributed by atoms with Gasteiger partial charge in [0, 0.05) is 18.1 Å². The first-order chi connectivity index (χ1) is 19.1. The van der Waals surface area contributed by atoms with E-state index in [1.54, 1.807) is 54.6 Å². The Morgan fingerprint density at radius 1 is 0.950 bits per heavy atom. The minimum absolute atomic E-state index is 0.212. The first-order valence-electron chi connectivity index (χ1n) is 12.5. The molecule has 1 unspecified atom stereocenters. The smallest absolute Gasteiger partial charge is 0.416 e. The Morgan fingerprint density at radius 2 is 1.65 bits per heavy atom. The molecule has 9 heteroatoms. The first kappa shape index (κ1) is 27.4. The highest BCUT2D eigenvalue weighted by atomic mass is 35.5. The zero-order chi connectivity index (χ0) is 28.4. The molecular formula is C31H24ClF3N2O3. The minimum atomic E-state index is -4.45. The molecule has 0 radical (unpaired) electrons. The van der Waals surface area contributed by atoms with Gasteiger partial charge in [0.2, 0.25) is 5.91 Å². The van der Waals surface area contributed by atoms with E-state index in [1.807, 2.05) is 17.0 Å². The van der Waals surface area contributed by atoms with Crippen LogP contribution in [0, 0.1) is 0 Å². The van der Waals surface area contributed by atoms with Crippen LogP contribution in [0.3, 0.4) is 0 Å². The molecule has 1 heterocycles. The normalized spacial score (nSPS) is 15.3. The average Bonchev–Trinajstić information content (AvgIpc) is 2.93. The van der Waals surface area contributed by atoms with Gasteiger partial charge in [-0.2, -0.15) is 13.2 Å². The van der Waals surface area contributed by atoms with E-state index >= 15 is 0 Å². The number of ether oxygens (including phenoxy) is 1. The zero-order valence-corrected chi connectivity index (χ0v) is 21.9. The lowest BCUT2D eigenvalue weighted by atomic mass is 9.91. The summed E-state index contributed by atoms with van der Waals surface area (Å²) in [4.78, 5) is 27.6. The standard InChI is InChI=1S/C31H24ClF3N2O3/c32-23-11-5-19(6-12-23)18-37-16-15-21-17-24(13-14-26(21)28(37)29(36)38)40-30(39)27-4-2-1-3-25(27)20-7-9-22(10-8-20)31(33,34)35/h1-14,17,28H,15-16,18H2,(H2,36,38). The number of esters is 1. The van der Waals surface area contributed by atoms with Crippen molar-refractivity contribution >= 4 is 23.5 Å². The molecule has 4 aromatic carbocycles. The minimum Gasteiger partial charge on any atom is -0.423 e. The van der Waals surface area contributed by atoms with Gasteiger partial charge in [0.25, 0.3) is 0 Å². The third kappa shape index (κ3) is 5.88. The maximum absolute atomic E-state index is 13.2. The maximum atomic E-state index is 13.2. The van der Waals surface area contributed by atoms with Crippen LogP contribution in [-0.4, -0.2) is 23.3 Å². The van der Waals surface area contributed by atoms with Crippen molar-refractivity contribution in [2.45, 2.75) is 25.2 Å². The monoisotopic (exact) mass is 564 g/mol. The molecule has 4 aromatic rings. The summed E-state index contributed by atoms with van der Waals surface area (Å²) in [5, 5.41) is 0.628. The molecule has 0 spiro atoms. The molecule has 5 rings (SSSR count). The van der Waals surface area contributed by atoms with Crippen molar-refractivity contribution < 1.29 is 27.5 Å². The van der Waals surface area contributed by atoms with E-state index in [2.05, 4.69) is 0 Å². The van der Waals surface area contributed by atoms with Crippen LogP contribution < -0.4 is 10.5 Å². The van der Waals surface area contributed by atoms with Gasteiger partial charge in [-0.15, -0.1) is 0 Å². The third-order valence-corrected chi connectivity index (χ3v) is 7.14. The number of fused-ring (bicyclic) bond motifs is 1. The van der Waals surface area contributed by atoms with Gasteiger partial charge < -0.3 is 10.5 Å². The second kappa shape index (κ2) is 11.2. The molecule has 1 amide bonds. The van der Waals surface area contributed by atoms with Gasteiger partial charge >= 0.3 is 12.1 Å². The molecule has 40 heavy (non-hydrogen) atoms. The lowest BCUT2D eigenvalue weighted by Gasteiger charge is -2.35. The number of carbonyl (C=O) groups is 2. The van der Waals surface area contributed by atoms with Crippen LogP contribution in [0.15, 0.2) is 91.0 Å². The molecule has 0 saturated carbocycles. The van der Waals surface area contributed by atoms with Crippen molar-refractivity contribution in [3.05, 3.63) is 124 Å². The zero-order valence-electron chi connectivity index (χ0n) is 21.1. The molecule has 0 fully saturated rings. The third-order valence-electron chi connectivity index (χ3n) is 6.89. The Bertz CT molecular complexity index is 1550. The fraction of sp³-hybridized carbons (Fsp3) is 0.161. The number of carbonyl (C=O) groups excluding carboxylic acids is 2. The summed E-state index contributed by atoms with van der Waals surface area (Å²) in [6.45, 7) is 1.08. The Hall–Kier alpha value is -4.14.